The van der Waals surface area contributed by atoms with E-state index in [1.165, 1.54) is 36.0 Å². The van der Waals surface area contributed by atoms with E-state index in [4.69, 9.17) is 4.74 Å². The number of aryl methyl sites for hydroxylation is 2. The van der Waals surface area contributed by atoms with Gasteiger partial charge in [-0.15, -0.1) is 0 Å². The Balaban J connectivity index is 2.55. The van der Waals surface area contributed by atoms with Gasteiger partial charge in [-0.1, -0.05) is 52.2 Å². The fourth-order valence-corrected chi connectivity index (χ4v) is 2.39. The van der Waals surface area contributed by atoms with Crippen LogP contribution in [0.2, 0.25) is 0 Å². The van der Waals surface area contributed by atoms with Gasteiger partial charge in [0.25, 0.3) is 0 Å². The third kappa shape index (κ3) is 5.96. The van der Waals surface area contributed by atoms with Crippen molar-refractivity contribution in [3.8, 4) is 5.75 Å². The summed E-state index contributed by atoms with van der Waals surface area (Å²) in [5, 5.41) is 3.46. The molecule has 0 radical (unpaired) electrons. The van der Waals surface area contributed by atoms with Crippen LogP contribution in [0.5, 0.6) is 5.75 Å². The molecule has 1 aromatic rings. The molecule has 0 aliphatic heterocycles. The maximum atomic E-state index is 5.97. The molecule has 0 saturated carbocycles. The molecule has 0 amide bonds. The number of ether oxygens (including phenoxy) is 1. The molecule has 1 aromatic carbocycles. The molecule has 1 N–H and O–H groups in total. The second-order valence-corrected chi connectivity index (χ2v) is 6.00. The van der Waals surface area contributed by atoms with E-state index in [0.717, 1.165) is 25.3 Å². The van der Waals surface area contributed by atoms with E-state index >= 15 is 0 Å². The minimum atomic E-state index is 0.519. The average Bonchev–Trinajstić information content (AvgIpc) is 2.38. The summed E-state index contributed by atoms with van der Waals surface area (Å²) in [6.07, 6.45) is 5.01. The van der Waals surface area contributed by atoms with Crippen molar-refractivity contribution in [2.75, 3.05) is 6.61 Å². The highest BCUT2D eigenvalue weighted by atomic mass is 16.5. The average molecular weight is 277 g/mol. The highest BCUT2D eigenvalue weighted by molar-refractivity contribution is 5.43. The van der Waals surface area contributed by atoms with Crippen molar-refractivity contribution in [3.05, 3.63) is 28.8 Å². The Labute approximate surface area is 124 Å². The fraction of sp³-hybridized carbons (Fsp3) is 0.667. The molecule has 0 spiro atoms. The van der Waals surface area contributed by atoms with Crippen molar-refractivity contribution < 1.29 is 4.74 Å². The van der Waals surface area contributed by atoms with Gasteiger partial charge in [-0.2, -0.15) is 0 Å². The Bertz CT molecular complexity index is 375. The lowest BCUT2D eigenvalue weighted by molar-refractivity contribution is 0.301. The van der Waals surface area contributed by atoms with Crippen LogP contribution in [0.25, 0.3) is 0 Å². The molecular weight excluding hydrogens is 246 g/mol. The van der Waals surface area contributed by atoms with Gasteiger partial charge in [0, 0.05) is 12.6 Å². The molecule has 0 heterocycles. The molecule has 0 atom stereocenters. The summed E-state index contributed by atoms with van der Waals surface area (Å²) in [6.45, 7) is 12.6. The lowest BCUT2D eigenvalue weighted by Crippen LogP contribution is -2.21. The molecule has 0 aromatic heterocycles. The van der Waals surface area contributed by atoms with Crippen LogP contribution in [0, 0.1) is 13.8 Å². The van der Waals surface area contributed by atoms with Crippen LogP contribution in [0.15, 0.2) is 12.1 Å². The summed E-state index contributed by atoms with van der Waals surface area (Å²) in [4.78, 5) is 0. The maximum absolute atomic E-state index is 5.97. The zero-order chi connectivity index (χ0) is 15.0. The van der Waals surface area contributed by atoms with Crippen LogP contribution >= 0.6 is 0 Å². The Hall–Kier alpha value is -1.02. The van der Waals surface area contributed by atoms with Crippen LogP contribution in [0.4, 0.5) is 0 Å². The summed E-state index contributed by atoms with van der Waals surface area (Å²) in [6, 6.07) is 5.00. The number of unbranched alkanes of at least 4 members (excludes halogenated alkanes) is 3. The molecule has 0 unspecified atom stereocenters. The van der Waals surface area contributed by atoms with E-state index in [1.54, 1.807) is 0 Å². The second kappa shape index (κ2) is 9.02. The number of benzene rings is 1. The third-order valence-corrected chi connectivity index (χ3v) is 3.48. The first-order chi connectivity index (χ1) is 9.54. The summed E-state index contributed by atoms with van der Waals surface area (Å²) >= 11 is 0. The van der Waals surface area contributed by atoms with E-state index < -0.39 is 0 Å². The van der Waals surface area contributed by atoms with Crippen molar-refractivity contribution in [2.24, 2.45) is 0 Å². The predicted octanol–water partition coefficient (Wildman–Crippen LogP) is 4.76. The van der Waals surface area contributed by atoms with Crippen LogP contribution in [-0.2, 0) is 6.54 Å². The molecule has 0 saturated heterocycles. The third-order valence-electron chi connectivity index (χ3n) is 3.48. The molecule has 20 heavy (non-hydrogen) atoms. The molecule has 0 aliphatic carbocycles. The number of nitrogens with one attached hydrogen (secondary N) is 1. The van der Waals surface area contributed by atoms with Crippen molar-refractivity contribution in [3.63, 3.8) is 0 Å². The molecule has 2 nitrogen and oxygen atoms in total. The molecule has 0 aliphatic rings. The summed E-state index contributed by atoms with van der Waals surface area (Å²) in [7, 11) is 0. The zero-order valence-electron chi connectivity index (χ0n) is 13.9. The monoisotopic (exact) mass is 277 g/mol. The molecule has 2 heteroatoms. The van der Waals surface area contributed by atoms with Gasteiger partial charge in [0.05, 0.1) is 6.61 Å². The van der Waals surface area contributed by atoms with Gasteiger partial charge in [0.1, 0.15) is 5.75 Å². The molecule has 0 fully saturated rings. The SMILES string of the molecule is CCCCCCOc1c(C)cc(CNC(C)C)cc1C. The molecule has 0 bridgehead atoms. The van der Waals surface area contributed by atoms with Gasteiger partial charge in [0.15, 0.2) is 0 Å². The molecule has 1 rings (SSSR count). The highest BCUT2D eigenvalue weighted by Gasteiger charge is 2.07. The minimum Gasteiger partial charge on any atom is -0.493 e. The summed E-state index contributed by atoms with van der Waals surface area (Å²) in [5.41, 5.74) is 3.84. The maximum Gasteiger partial charge on any atom is 0.125 e. The van der Waals surface area contributed by atoms with E-state index in [2.05, 4.69) is 52.1 Å². The lowest BCUT2D eigenvalue weighted by atomic mass is 10.1. The topological polar surface area (TPSA) is 21.3 Å². The lowest BCUT2D eigenvalue weighted by Gasteiger charge is -2.15. The number of rotatable bonds is 9. The summed E-state index contributed by atoms with van der Waals surface area (Å²) in [5.74, 6) is 1.08. The van der Waals surface area contributed by atoms with Crippen LogP contribution in [-0.4, -0.2) is 12.6 Å². The standard InChI is InChI=1S/C18H31NO/c1-6-7-8-9-10-20-18-15(4)11-17(12-16(18)5)13-19-14(2)3/h11-12,14,19H,6-10,13H2,1-5H3. The van der Waals surface area contributed by atoms with Crippen molar-refractivity contribution >= 4 is 0 Å². The first-order valence-corrected chi connectivity index (χ1v) is 8.01. The predicted molar refractivity (Wildman–Crippen MR) is 87.5 cm³/mol. The number of hydrogen-bond acceptors (Lipinski definition) is 2. The Morgan fingerprint density at radius 3 is 2.25 bits per heavy atom. The van der Waals surface area contributed by atoms with Gasteiger partial charge < -0.3 is 10.1 Å². The quantitative estimate of drug-likeness (QED) is 0.657. The van der Waals surface area contributed by atoms with E-state index in [1.807, 2.05) is 0 Å². The summed E-state index contributed by atoms with van der Waals surface area (Å²) < 4.78 is 5.97. The second-order valence-electron chi connectivity index (χ2n) is 6.00. The fourth-order valence-electron chi connectivity index (χ4n) is 2.39. The molecular formula is C18H31NO. The first kappa shape index (κ1) is 17.0. The number of hydrogen-bond donors (Lipinski definition) is 1. The van der Waals surface area contributed by atoms with Crippen molar-refractivity contribution in [2.45, 2.75) is 72.9 Å². The van der Waals surface area contributed by atoms with Crippen molar-refractivity contribution in [1.82, 2.24) is 5.32 Å². The van der Waals surface area contributed by atoms with Crippen molar-refractivity contribution in [1.29, 1.82) is 0 Å². The van der Waals surface area contributed by atoms with Gasteiger partial charge >= 0.3 is 0 Å². The smallest absolute Gasteiger partial charge is 0.125 e. The Kier molecular flexibility index (Phi) is 7.68. The Morgan fingerprint density at radius 1 is 1.05 bits per heavy atom. The zero-order valence-corrected chi connectivity index (χ0v) is 13.9. The van der Waals surface area contributed by atoms with E-state index in [9.17, 15) is 0 Å². The van der Waals surface area contributed by atoms with Gasteiger partial charge in [-0.05, 0) is 37.0 Å². The van der Waals surface area contributed by atoms with E-state index in [-0.39, 0.29) is 0 Å². The van der Waals surface area contributed by atoms with E-state index in [0.29, 0.717) is 6.04 Å². The Morgan fingerprint density at radius 2 is 1.70 bits per heavy atom. The largest absolute Gasteiger partial charge is 0.493 e. The van der Waals surface area contributed by atoms with Crippen LogP contribution in [0.3, 0.4) is 0 Å². The highest BCUT2D eigenvalue weighted by Crippen LogP contribution is 2.25. The van der Waals surface area contributed by atoms with Crippen LogP contribution < -0.4 is 10.1 Å². The van der Waals surface area contributed by atoms with Crippen LogP contribution in [0.1, 0.15) is 63.1 Å². The first-order valence-electron chi connectivity index (χ1n) is 8.01. The van der Waals surface area contributed by atoms with Gasteiger partial charge in [0.2, 0.25) is 0 Å². The van der Waals surface area contributed by atoms with Gasteiger partial charge in [-0.3, -0.25) is 0 Å². The minimum absolute atomic E-state index is 0.519. The van der Waals surface area contributed by atoms with Gasteiger partial charge in [-0.25, -0.2) is 0 Å². The molecule has 114 valence electrons. The normalized spacial score (nSPS) is 11.1.